The summed E-state index contributed by atoms with van der Waals surface area (Å²) in [6.45, 7) is 2.22. The molecule has 0 saturated heterocycles. The van der Waals surface area contributed by atoms with Crippen molar-refractivity contribution in [2.75, 3.05) is 5.32 Å². The summed E-state index contributed by atoms with van der Waals surface area (Å²) in [6.07, 6.45) is 2.56. The zero-order chi connectivity index (χ0) is 15.5. The number of amides is 1. The highest BCUT2D eigenvalue weighted by Gasteiger charge is 2.39. The fourth-order valence-corrected chi connectivity index (χ4v) is 2.25. The molecule has 0 unspecified atom stereocenters. The van der Waals surface area contributed by atoms with Crippen molar-refractivity contribution in [3.8, 4) is 5.75 Å². The first-order valence-electron chi connectivity index (χ1n) is 7.26. The smallest absolute Gasteiger partial charge is 0.227 e. The van der Waals surface area contributed by atoms with E-state index in [4.69, 9.17) is 4.74 Å². The van der Waals surface area contributed by atoms with Crippen LogP contribution in [0.4, 0.5) is 10.1 Å². The van der Waals surface area contributed by atoms with E-state index >= 15 is 0 Å². The molecule has 1 N–H and O–H groups in total. The summed E-state index contributed by atoms with van der Waals surface area (Å²) in [5.41, 5.74) is 1.17. The van der Waals surface area contributed by atoms with Crippen LogP contribution in [0.25, 0.3) is 0 Å². The molecule has 5 heteroatoms. The van der Waals surface area contributed by atoms with Crippen LogP contribution in [0.5, 0.6) is 5.75 Å². The molecule has 1 saturated carbocycles. The molecule has 22 heavy (non-hydrogen) atoms. The number of benzene rings is 1. The minimum atomic E-state index is -0.502. The Morgan fingerprint density at radius 2 is 2.23 bits per heavy atom. The molecule has 0 aliphatic heterocycles. The fourth-order valence-electron chi connectivity index (χ4n) is 2.25. The summed E-state index contributed by atoms with van der Waals surface area (Å²) in [5, 5.41) is 2.73. The Hall–Kier alpha value is -2.43. The molecule has 0 bridgehead atoms. The zero-order valence-electron chi connectivity index (χ0n) is 12.3. The second-order valence-corrected chi connectivity index (χ2v) is 5.56. The number of anilines is 1. The van der Waals surface area contributed by atoms with Crippen molar-refractivity contribution in [2.45, 2.75) is 20.0 Å². The van der Waals surface area contributed by atoms with Crippen molar-refractivity contribution in [2.24, 2.45) is 11.8 Å². The van der Waals surface area contributed by atoms with Crippen LogP contribution < -0.4 is 10.1 Å². The zero-order valence-corrected chi connectivity index (χ0v) is 12.3. The lowest BCUT2D eigenvalue weighted by Crippen LogP contribution is -2.14. The number of carbonyl (C=O) groups excluding carboxylic acids is 1. The normalized spacial score (nSPS) is 19.5. The number of aromatic nitrogens is 1. The van der Waals surface area contributed by atoms with Gasteiger partial charge in [0.2, 0.25) is 5.91 Å². The molecule has 1 aliphatic rings. The minimum absolute atomic E-state index is 0.0472. The molecule has 1 aromatic carbocycles. The molecule has 1 aliphatic carbocycles. The van der Waals surface area contributed by atoms with Gasteiger partial charge in [0, 0.05) is 23.9 Å². The van der Waals surface area contributed by atoms with Crippen molar-refractivity contribution >= 4 is 11.6 Å². The summed E-state index contributed by atoms with van der Waals surface area (Å²) in [7, 11) is 0. The van der Waals surface area contributed by atoms with E-state index < -0.39 is 5.82 Å². The van der Waals surface area contributed by atoms with Gasteiger partial charge in [-0.05, 0) is 36.6 Å². The summed E-state index contributed by atoms with van der Waals surface area (Å²) in [6, 6.07) is 9.90. The van der Waals surface area contributed by atoms with Crippen LogP contribution >= 0.6 is 0 Å². The number of carbonyl (C=O) groups is 1. The van der Waals surface area contributed by atoms with E-state index in [1.165, 1.54) is 12.1 Å². The predicted octanol–water partition coefficient (Wildman–Crippen LogP) is 3.39. The van der Waals surface area contributed by atoms with Crippen LogP contribution in [0.2, 0.25) is 0 Å². The minimum Gasteiger partial charge on any atom is -0.484 e. The quantitative estimate of drug-likeness (QED) is 0.920. The summed E-state index contributed by atoms with van der Waals surface area (Å²) < 4.78 is 19.4. The Morgan fingerprint density at radius 1 is 1.41 bits per heavy atom. The van der Waals surface area contributed by atoms with Gasteiger partial charge in [-0.25, -0.2) is 4.39 Å². The van der Waals surface area contributed by atoms with Crippen LogP contribution in [0.1, 0.15) is 19.0 Å². The van der Waals surface area contributed by atoms with Crippen molar-refractivity contribution in [3.63, 3.8) is 0 Å². The Bertz CT molecular complexity index is 676. The fraction of sp³-hybridized carbons (Fsp3) is 0.294. The van der Waals surface area contributed by atoms with Crippen molar-refractivity contribution < 1.29 is 13.9 Å². The van der Waals surface area contributed by atoms with E-state index in [0.717, 1.165) is 12.1 Å². The topological polar surface area (TPSA) is 51.2 Å². The third-order valence-corrected chi connectivity index (χ3v) is 3.75. The molecule has 4 nitrogen and oxygen atoms in total. The Balaban J connectivity index is 1.61. The molecule has 114 valence electrons. The number of halogens is 1. The van der Waals surface area contributed by atoms with Gasteiger partial charge >= 0.3 is 0 Å². The standard InChI is InChI=1S/C17H17FN2O2/c1-11-8-14(11)17(21)20-12-5-6-16(15(18)9-12)22-10-13-4-2-3-7-19-13/h2-7,9,11,14H,8,10H2,1H3,(H,20,21)/t11-,14-/m0/s1. The van der Waals surface area contributed by atoms with Crippen LogP contribution in [0, 0.1) is 17.7 Å². The van der Waals surface area contributed by atoms with E-state index in [1.54, 1.807) is 12.3 Å². The van der Waals surface area contributed by atoms with Gasteiger partial charge in [0.25, 0.3) is 0 Å². The first kappa shape index (κ1) is 14.5. The van der Waals surface area contributed by atoms with Crippen molar-refractivity contribution in [1.29, 1.82) is 0 Å². The molecule has 2 aromatic rings. The van der Waals surface area contributed by atoms with Crippen LogP contribution in [-0.4, -0.2) is 10.9 Å². The molecule has 1 heterocycles. The third-order valence-electron chi connectivity index (χ3n) is 3.75. The molecule has 3 rings (SSSR count). The molecule has 0 radical (unpaired) electrons. The van der Waals surface area contributed by atoms with Crippen molar-refractivity contribution in [3.05, 3.63) is 54.1 Å². The largest absolute Gasteiger partial charge is 0.484 e. The monoisotopic (exact) mass is 300 g/mol. The van der Waals surface area contributed by atoms with Crippen LogP contribution in [0.15, 0.2) is 42.6 Å². The van der Waals surface area contributed by atoms with E-state index in [2.05, 4.69) is 10.3 Å². The second-order valence-electron chi connectivity index (χ2n) is 5.56. The number of hydrogen-bond acceptors (Lipinski definition) is 3. The van der Waals surface area contributed by atoms with E-state index in [0.29, 0.717) is 11.6 Å². The predicted molar refractivity (Wildman–Crippen MR) is 80.9 cm³/mol. The summed E-state index contributed by atoms with van der Waals surface area (Å²) >= 11 is 0. The number of nitrogens with zero attached hydrogens (tertiary/aromatic N) is 1. The maximum atomic E-state index is 14.0. The van der Waals surface area contributed by atoms with Gasteiger partial charge in [-0.2, -0.15) is 0 Å². The van der Waals surface area contributed by atoms with Gasteiger partial charge in [-0.1, -0.05) is 13.0 Å². The first-order chi connectivity index (χ1) is 10.6. The number of hydrogen-bond donors (Lipinski definition) is 1. The number of pyridine rings is 1. The lowest BCUT2D eigenvalue weighted by molar-refractivity contribution is -0.117. The highest BCUT2D eigenvalue weighted by Crippen LogP contribution is 2.38. The SMILES string of the molecule is C[C@H]1C[C@@H]1C(=O)Nc1ccc(OCc2ccccn2)c(F)c1. The van der Waals surface area contributed by atoms with E-state index in [1.807, 2.05) is 25.1 Å². The molecule has 2 atom stereocenters. The third kappa shape index (κ3) is 3.42. The van der Waals surface area contributed by atoms with Crippen LogP contribution in [0.3, 0.4) is 0 Å². The van der Waals surface area contributed by atoms with Crippen molar-refractivity contribution in [1.82, 2.24) is 4.98 Å². The lowest BCUT2D eigenvalue weighted by atomic mass is 10.2. The number of rotatable bonds is 5. The molecule has 1 fully saturated rings. The number of nitrogens with one attached hydrogen (secondary N) is 1. The van der Waals surface area contributed by atoms with Gasteiger partial charge in [0.15, 0.2) is 11.6 Å². The average Bonchev–Trinajstić information content (AvgIpc) is 3.25. The van der Waals surface area contributed by atoms with Crippen LogP contribution in [-0.2, 0) is 11.4 Å². The molecular weight excluding hydrogens is 283 g/mol. The summed E-state index contributed by atoms with van der Waals surface area (Å²) in [4.78, 5) is 15.9. The maximum absolute atomic E-state index is 14.0. The van der Waals surface area contributed by atoms with E-state index in [-0.39, 0.29) is 24.2 Å². The van der Waals surface area contributed by atoms with Gasteiger partial charge in [-0.15, -0.1) is 0 Å². The molecule has 1 aromatic heterocycles. The molecular formula is C17H17FN2O2. The molecule has 0 spiro atoms. The maximum Gasteiger partial charge on any atom is 0.227 e. The second kappa shape index (κ2) is 6.13. The molecule has 1 amide bonds. The van der Waals surface area contributed by atoms with Gasteiger partial charge < -0.3 is 10.1 Å². The Labute approximate surface area is 128 Å². The highest BCUT2D eigenvalue weighted by atomic mass is 19.1. The lowest BCUT2D eigenvalue weighted by Gasteiger charge is -2.09. The number of ether oxygens (including phenoxy) is 1. The van der Waals surface area contributed by atoms with Gasteiger partial charge in [-0.3, -0.25) is 9.78 Å². The Kier molecular flexibility index (Phi) is 4.04. The summed E-state index contributed by atoms with van der Waals surface area (Å²) in [5.74, 6) is 0.0732. The average molecular weight is 300 g/mol. The van der Waals surface area contributed by atoms with Gasteiger partial charge in [0.1, 0.15) is 6.61 Å². The highest BCUT2D eigenvalue weighted by molar-refractivity contribution is 5.94. The van der Waals surface area contributed by atoms with E-state index in [9.17, 15) is 9.18 Å². The first-order valence-corrected chi connectivity index (χ1v) is 7.26. The van der Waals surface area contributed by atoms with Gasteiger partial charge in [0.05, 0.1) is 5.69 Å². The Morgan fingerprint density at radius 3 is 2.86 bits per heavy atom.